The Bertz CT molecular complexity index is 877. The third-order valence-corrected chi connectivity index (χ3v) is 4.44. The number of rotatable bonds is 4. The Morgan fingerprint density at radius 3 is 2.15 bits per heavy atom. The number of hydrogen-bond acceptors (Lipinski definition) is 3. The number of nitrogens with one attached hydrogen (secondary N) is 1. The Morgan fingerprint density at radius 1 is 1.00 bits per heavy atom. The maximum Gasteiger partial charge on any atom is 0.331 e. The summed E-state index contributed by atoms with van der Waals surface area (Å²) >= 11 is 0. The average molecular weight is 351 g/mol. The van der Waals surface area contributed by atoms with Gasteiger partial charge in [0.05, 0.1) is 12.8 Å². The predicted molar refractivity (Wildman–Crippen MR) is 105 cm³/mol. The average Bonchev–Trinajstić information content (AvgIpc) is 2.58. The first kappa shape index (κ1) is 19.4. The van der Waals surface area contributed by atoms with Crippen LogP contribution in [0.4, 0.5) is 5.69 Å². The zero-order chi connectivity index (χ0) is 19.4. The highest BCUT2D eigenvalue weighted by Crippen LogP contribution is 2.36. The summed E-state index contributed by atoms with van der Waals surface area (Å²) in [6.07, 6.45) is 1.48. The van der Waals surface area contributed by atoms with E-state index in [0.29, 0.717) is 0 Å². The van der Waals surface area contributed by atoms with E-state index in [4.69, 9.17) is 4.74 Å². The molecule has 0 aromatic heterocycles. The van der Waals surface area contributed by atoms with Gasteiger partial charge in [-0.25, -0.2) is 4.79 Å². The van der Waals surface area contributed by atoms with Gasteiger partial charge in [0.15, 0.2) is 0 Å². The summed E-state index contributed by atoms with van der Waals surface area (Å²) in [4.78, 5) is 23.8. The molecule has 0 bridgehead atoms. The minimum Gasteiger partial charge on any atom is -0.466 e. The Balaban J connectivity index is 2.83. The molecule has 0 saturated heterocycles. The van der Waals surface area contributed by atoms with E-state index >= 15 is 0 Å². The first-order valence-corrected chi connectivity index (χ1v) is 8.50. The molecule has 0 aliphatic rings. The Kier molecular flexibility index (Phi) is 5.98. The Morgan fingerprint density at radius 2 is 1.62 bits per heavy atom. The van der Waals surface area contributed by atoms with Crippen molar-refractivity contribution >= 4 is 23.1 Å². The Hall–Kier alpha value is -2.88. The number of benzene rings is 2. The highest BCUT2D eigenvalue weighted by Gasteiger charge is 2.19. The van der Waals surface area contributed by atoms with E-state index in [-0.39, 0.29) is 5.91 Å². The monoisotopic (exact) mass is 351 g/mol. The summed E-state index contributed by atoms with van der Waals surface area (Å²) in [6.45, 7) is 9.46. The van der Waals surface area contributed by atoms with E-state index in [2.05, 4.69) is 5.32 Å². The first-order chi connectivity index (χ1) is 12.2. The molecular formula is C22H25NO3. The number of esters is 1. The van der Waals surface area contributed by atoms with Crippen LogP contribution in [0.3, 0.4) is 0 Å². The van der Waals surface area contributed by atoms with Gasteiger partial charge < -0.3 is 10.1 Å². The van der Waals surface area contributed by atoms with Crippen LogP contribution in [-0.2, 0) is 14.3 Å². The molecule has 0 heterocycles. The third kappa shape index (κ3) is 4.20. The molecule has 0 unspecified atom stereocenters. The zero-order valence-corrected chi connectivity index (χ0v) is 16.2. The van der Waals surface area contributed by atoms with Gasteiger partial charge in [0, 0.05) is 18.6 Å². The Labute approximate surface area is 154 Å². The smallest absolute Gasteiger partial charge is 0.331 e. The van der Waals surface area contributed by atoms with Crippen molar-refractivity contribution in [1.82, 2.24) is 0 Å². The van der Waals surface area contributed by atoms with E-state index < -0.39 is 5.97 Å². The standard InChI is InChI=1S/C22H25NO3/c1-13-7-9-18(10-8-13)19(12-20(25)26-6)21-16(4)14(2)11-15(3)22(21)23-17(5)24/h7-12H,1-6H3,(H,23,24)/b19-12+. The summed E-state index contributed by atoms with van der Waals surface area (Å²) in [5, 5.41) is 2.93. The molecule has 4 nitrogen and oxygen atoms in total. The normalized spacial score (nSPS) is 11.2. The molecule has 1 amide bonds. The van der Waals surface area contributed by atoms with Gasteiger partial charge in [-0.05, 0) is 55.5 Å². The molecular weight excluding hydrogens is 326 g/mol. The van der Waals surface area contributed by atoms with Crippen molar-refractivity contribution in [3.05, 3.63) is 69.8 Å². The molecule has 0 saturated carbocycles. The van der Waals surface area contributed by atoms with Crippen molar-refractivity contribution in [2.45, 2.75) is 34.6 Å². The predicted octanol–water partition coefficient (Wildman–Crippen LogP) is 4.48. The lowest BCUT2D eigenvalue weighted by molar-refractivity contribution is -0.134. The molecule has 0 radical (unpaired) electrons. The van der Waals surface area contributed by atoms with Crippen LogP contribution in [0.25, 0.3) is 5.57 Å². The zero-order valence-electron chi connectivity index (χ0n) is 16.2. The maximum absolute atomic E-state index is 12.1. The second-order valence-electron chi connectivity index (χ2n) is 6.51. The van der Waals surface area contributed by atoms with Crippen LogP contribution in [0.1, 0.15) is 40.3 Å². The van der Waals surface area contributed by atoms with Gasteiger partial charge in [-0.2, -0.15) is 0 Å². The number of anilines is 1. The van der Waals surface area contributed by atoms with Gasteiger partial charge in [-0.3, -0.25) is 4.79 Å². The second-order valence-corrected chi connectivity index (χ2v) is 6.51. The first-order valence-electron chi connectivity index (χ1n) is 8.50. The lowest BCUT2D eigenvalue weighted by Crippen LogP contribution is -2.12. The fourth-order valence-corrected chi connectivity index (χ4v) is 2.97. The fourth-order valence-electron chi connectivity index (χ4n) is 2.97. The van der Waals surface area contributed by atoms with Crippen LogP contribution in [-0.4, -0.2) is 19.0 Å². The van der Waals surface area contributed by atoms with E-state index in [1.54, 1.807) is 0 Å². The summed E-state index contributed by atoms with van der Waals surface area (Å²) in [5.41, 5.74) is 7.35. The van der Waals surface area contributed by atoms with E-state index in [1.807, 2.05) is 58.0 Å². The van der Waals surface area contributed by atoms with E-state index in [9.17, 15) is 9.59 Å². The van der Waals surface area contributed by atoms with Gasteiger partial charge >= 0.3 is 5.97 Å². The molecule has 1 N–H and O–H groups in total. The van der Waals surface area contributed by atoms with Crippen molar-refractivity contribution in [2.24, 2.45) is 0 Å². The van der Waals surface area contributed by atoms with Gasteiger partial charge in [0.1, 0.15) is 0 Å². The lowest BCUT2D eigenvalue weighted by Gasteiger charge is -2.21. The highest BCUT2D eigenvalue weighted by atomic mass is 16.5. The van der Waals surface area contributed by atoms with E-state index in [0.717, 1.165) is 44.6 Å². The van der Waals surface area contributed by atoms with E-state index in [1.165, 1.54) is 20.1 Å². The minimum atomic E-state index is -0.437. The molecule has 4 heteroatoms. The molecule has 0 atom stereocenters. The van der Waals surface area contributed by atoms with Crippen molar-refractivity contribution in [2.75, 3.05) is 12.4 Å². The van der Waals surface area contributed by atoms with Gasteiger partial charge in [0.25, 0.3) is 0 Å². The van der Waals surface area contributed by atoms with Crippen LogP contribution in [0.5, 0.6) is 0 Å². The molecule has 2 aromatic rings. The number of methoxy groups -OCH3 is 1. The lowest BCUT2D eigenvalue weighted by atomic mass is 9.88. The van der Waals surface area contributed by atoms with Crippen molar-refractivity contribution < 1.29 is 14.3 Å². The SMILES string of the molecule is COC(=O)/C=C(\c1ccc(C)cc1)c1c(C)c(C)cc(C)c1NC(C)=O. The second kappa shape index (κ2) is 8.00. The summed E-state index contributed by atoms with van der Waals surface area (Å²) in [5.74, 6) is -0.591. The molecule has 0 spiro atoms. The molecule has 136 valence electrons. The van der Waals surface area contributed by atoms with Crippen molar-refractivity contribution in [3.63, 3.8) is 0 Å². The van der Waals surface area contributed by atoms with Crippen molar-refractivity contribution in [3.8, 4) is 0 Å². The van der Waals surface area contributed by atoms with Crippen LogP contribution < -0.4 is 5.32 Å². The van der Waals surface area contributed by atoms with Gasteiger partial charge in [-0.15, -0.1) is 0 Å². The highest BCUT2D eigenvalue weighted by molar-refractivity contribution is 6.02. The van der Waals surface area contributed by atoms with Crippen LogP contribution in [0.2, 0.25) is 0 Å². The number of amides is 1. The topological polar surface area (TPSA) is 55.4 Å². The quantitative estimate of drug-likeness (QED) is 0.652. The summed E-state index contributed by atoms with van der Waals surface area (Å²) in [7, 11) is 1.36. The molecule has 2 aromatic carbocycles. The van der Waals surface area contributed by atoms with Gasteiger partial charge in [0.2, 0.25) is 5.91 Å². The number of aryl methyl sites for hydroxylation is 3. The number of carbonyl (C=O) groups is 2. The molecule has 0 aliphatic heterocycles. The molecule has 2 rings (SSSR count). The van der Waals surface area contributed by atoms with Crippen molar-refractivity contribution in [1.29, 1.82) is 0 Å². The number of carbonyl (C=O) groups excluding carboxylic acids is 2. The number of ether oxygens (including phenoxy) is 1. The van der Waals surface area contributed by atoms with Crippen LogP contribution in [0.15, 0.2) is 36.4 Å². The minimum absolute atomic E-state index is 0.154. The fraction of sp³-hybridized carbons (Fsp3) is 0.273. The van der Waals surface area contributed by atoms with Crippen LogP contribution >= 0.6 is 0 Å². The van der Waals surface area contributed by atoms with Crippen LogP contribution in [0, 0.1) is 27.7 Å². The summed E-state index contributed by atoms with van der Waals surface area (Å²) < 4.78 is 4.87. The summed E-state index contributed by atoms with van der Waals surface area (Å²) in [6, 6.07) is 9.97. The molecule has 26 heavy (non-hydrogen) atoms. The molecule has 0 fully saturated rings. The van der Waals surface area contributed by atoms with Gasteiger partial charge in [-0.1, -0.05) is 35.9 Å². The largest absolute Gasteiger partial charge is 0.466 e. The number of hydrogen-bond donors (Lipinski definition) is 1. The third-order valence-electron chi connectivity index (χ3n) is 4.44. The maximum atomic E-state index is 12.1. The molecule has 0 aliphatic carbocycles.